The van der Waals surface area contributed by atoms with E-state index in [0.717, 1.165) is 87.3 Å². The molecule has 0 aliphatic heterocycles. The van der Waals surface area contributed by atoms with E-state index in [9.17, 15) is 0 Å². The molecule has 0 saturated heterocycles. The molecule has 0 aliphatic rings. The summed E-state index contributed by atoms with van der Waals surface area (Å²) in [5, 5.41) is 10.8. The van der Waals surface area contributed by atoms with Gasteiger partial charge in [0.15, 0.2) is 0 Å². The molecule has 74 heavy (non-hydrogen) atoms. The third kappa shape index (κ3) is 6.47. The number of para-hydroxylation sites is 6. The van der Waals surface area contributed by atoms with Crippen molar-refractivity contribution >= 4 is 110 Å². The molecule has 352 valence electrons. The van der Waals surface area contributed by atoms with Crippen LogP contribution in [-0.2, 0) is 0 Å². The predicted molar refractivity (Wildman–Crippen MR) is 297 cm³/mol. The minimum Gasteiger partial charge on any atom is -0.309 e. The Morgan fingerprint density at radius 3 is 0.811 bits per heavy atom. The van der Waals surface area contributed by atoms with E-state index in [1.54, 1.807) is 82.6 Å². The van der Waals surface area contributed by atoms with Gasteiger partial charge in [-0.25, -0.2) is 17.6 Å². The van der Waals surface area contributed by atoms with Crippen molar-refractivity contribution in [3.8, 4) is 11.4 Å². The van der Waals surface area contributed by atoms with Crippen LogP contribution in [0.2, 0.25) is 0 Å². The third-order valence-electron chi connectivity index (χ3n) is 14.5. The van der Waals surface area contributed by atoms with Crippen molar-refractivity contribution in [2.45, 2.75) is 0 Å². The van der Waals surface area contributed by atoms with Gasteiger partial charge in [0.05, 0.1) is 44.8 Å². The van der Waals surface area contributed by atoms with E-state index in [0.29, 0.717) is 11.4 Å². The van der Waals surface area contributed by atoms with E-state index in [4.69, 9.17) is 0 Å². The van der Waals surface area contributed by atoms with Gasteiger partial charge in [-0.15, -0.1) is 0 Å². The van der Waals surface area contributed by atoms with Gasteiger partial charge in [-0.3, -0.25) is 0 Å². The lowest BCUT2D eigenvalue weighted by molar-refractivity contribution is 0.619. The highest BCUT2D eigenvalue weighted by molar-refractivity contribution is 6.44. The molecule has 0 radical (unpaired) electrons. The summed E-state index contributed by atoms with van der Waals surface area (Å²) < 4.78 is 67.6. The average molecular weight is 965 g/mol. The largest absolute Gasteiger partial charge is 0.309 e. The molecule has 2 aromatic heterocycles. The lowest BCUT2D eigenvalue weighted by Crippen LogP contribution is -2.13. The number of rotatable bonds is 8. The summed E-state index contributed by atoms with van der Waals surface area (Å²) in [5.74, 6) is -1.89. The highest BCUT2D eigenvalue weighted by Crippen LogP contribution is 2.51. The summed E-state index contributed by atoms with van der Waals surface area (Å²) in [7, 11) is 0. The molecule has 0 aliphatic carbocycles. The molecule has 2 heterocycles. The Morgan fingerprint density at radius 2 is 0.500 bits per heavy atom. The highest BCUT2D eigenvalue weighted by Gasteiger charge is 2.27. The van der Waals surface area contributed by atoms with Crippen molar-refractivity contribution in [2.24, 2.45) is 0 Å². The Morgan fingerprint density at radius 1 is 0.243 bits per heavy atom. The molecule has 0 unspecified atom stereocenters. The van der Waals surface area contributed by atoms with Crippen LogP contribution in [0.15, 0.2) is 243 Å². The predicted octanol–water partition coefficient (Wildman–Crippen LogP) is 18.8. The lowest BCUT2D eigenvalue weighted by atomic mass is 9.90. The number of nitrogens with zero attached hydrogens (tertiary/aromatic N) is 4. The smallest absolute Gasteiger partial charge is 0.147 e. The van der Waals surface area contributed by atoms with Gasteiger partial charge in [-0.2, -0.15) is 0 Å². The second-order valence-corrected chi connectivity index (χ2v) is 18.5. The second kappa shape index (κ2) is 17.0. The van der Waals surface area contributed by atoms with Gasteiger partial charge in [-0.05, 0) is 131 Å². The normalized spacial score (nSPS) is 11.8. The van der Waals surface area contributed by atoms with E-state index < -0.39 is 23.3 Å². The Kier molecular flexibility index (Phi) is 9.91. The van der Waals surface area contributed by atoms with Crippen molar-refractivity contribution in [3.63, 3.8) is 0 Å². The van der Waals surface area contributed by atoms with Gasteiger partial charge in [-0.1, -0.05) is 133 Å². The van der Waals surface area contributed by atoms with Crippen LogP contribution in [0, 0.1) is 23.3 Å². The molecule has 12 aromatic carbocycles. The number of anilines is 6. The fourth-order valence-corrected chi connectivity index (χ4v) is 11.5. The molecular weight excluding hydrogens is 925 g/mol. The fourth-order valence-electron chi connectivity index (χ4n) is 11.5. The minimum atomic E-state index is -0.473. The van der Waals surface area contributed by atoms with Gasteiger partial charge in [0, 0.05) is 55.1 Å². The van der Waals surface area contributed by atoms with Gasteiger partial charge in [0.2, 0.25) is 0 Å². The van der Waals surface area contributed by atoms with Crippen LogP contribution in [0.25, 0.3) is 87.3 Å². The molecule has 0 atom stereocenters. The van der Waals surface area contributed by atoms with E-state index in [-0.39, 0.29) is 22.7 Å². The quantitative estimate of drug-likeness (QED) is 0.111. The maximum Gasteiger partial charge on any atom is 0.147 e. The number of hydrogen-bond donors (Lipinski definition) is 0. The molecule has 0 spiro atoms. The first-order valence-corrected chi connectivity index (χ1v) is 24.5. The topological polar surface area (TPSA) is 16.3 Å². The molecule has 0 amide bonds. The summed E-state index contributed by atoms with van der Waals surface area (Å²) in [6.07, 6.45) is 0. The summed E-state index contributed by atoms with van der Waals surface area (Å²) >= 11 is 0. The maximum absolute atomic E-state index is 15.7. The molecule has 0 N–H and O–H groups in total. The number of halogens is 4. The van der Waals surface area contributed by atoms with Crippen LogP contribution in [0.4, 0.5) is 51.7 Å². The van der Waals surface area contributed by atoms with Crippen LogP contribution < -0.4 is 9.80 Å². The maximum atomic E-state index is 15.7. The first-order valence-electron chi connectivity index (χ1n) is 24.5. The van der Waals surface area contributed by atoms with Crippen LogP contribution in [0.1, 0.15) is 0 Å². The summed E-state index contributed by atoms with van der Waals surface area (Å²) in [6.45, 7) is 0. The van der Waals surface area contributed by atoms with Gasteiger partial charge in [0.1, 0.15) is 23.3 Å². The number of hydrogen-bond acceptors (Lipinski definition) is 2. The molecule has 8 heteroatoms. The SMILES string of the molecule is Fc1ccccc1N(c1ccc(-n2c3ccccc3c3c4ccccc4c4c(c5ccccc5c5c6ccccc6n(-c6ccc(N(c7ccccc7F)c7ccccc7F)cc6)c54)c32)cc1)c1ccccc1F. The summed E-state index contributed by atoms with van der Waals surface area (Å²) in [5.41, 5.74) is 7.88. The van der Waals surface area contributed by atoms with Crippen LogP contribution >= 0.6 is 0 Å². The van der Waals surface area contributed by atoms with Crippen molar-refractivity contribution in [3.05, 3.63) is 266 Å². The van der Waals surface area contributed by atoms with Gasteiger partial charge >= 0.3 is 0 Å². The Hall–Kier alpha value is -9.66. The van der Waals surface area contributed by atoms with Crippen molar-refractivity contribution in [1.82, 2.24) is 9.13 Å². The fraction of sp³-hybridized carbons (Fsp3) is 0. The zero-order valence-electron chi connectivity index (χ0n) is 39.4. The number of fused-ring (bicyclic) bond motifs is 15. The summed E-state index contributed by atoms with van der Waals surface area (Å²) in [4.78, 5) is 3.24. The molecule has 4 nitrogen and oxygen atoms in total. The van der Waals surface area contributed by atoms with Crippen LogP contribution in [0.3, 0.4) is 0 Å². The minimum absolute atomic E-state index is 0.229. The monoisotopic (exact) mass is 964 g/mol. The zero-order valence-corrected chi connectivity index (χ0v) is 39.4. The van der Waals surface area contributed by atoms with E-state index in [1.165, 1.54) is 24.3 Å². The van der Waals surface area contributed by atoms with Gasteiger partial charge < -0.3 is 18.9 Å². The molecular formula is C66H40F4N4. The van der Waals surface area contributed by atoms with Gasteiger partial charge in [0.25, 0.3) is 0 Å². The molecule has 0 saturated carbocycles. The van der Waals surface area contributed by atoms with Crippen LogP contribution in [-0.4, -0.2) is 9.13 Å². The Labute approximate surface area is 422 Å². The van der Waals surface area contributed by atoms with Crippen molar-refractivity contribution in [2.75, 3.05) is 9.80 Å². The highest BCUT2D eigenvalue weighted by atomic mass is 19.1. The van der Waals surface area contributed by atoms with E-state index >= 15 is 17.6 Å². The Balaban J connectivity index is 1.07. The van der Waals surface area contributed by atoms with Crippen LogP contribution in [0.5, 0.6) is 0 Å². The third-order valence-corrected chi connectivity index (χ3v) is 14.5. The van der Waals surface area contributed by atoms with Crippen molar-refractivity contribution in [1.29, 1.82) is 0 Å². The first kappa shape index (κ1) is 43.2. The number of benzene rings is 12. The van der Waals surface area contributed by atoms with E-state index in [2.05, 4.69) is 106 Å². The second-order valence-electron chi connectivity index (χ2n) is 18.5. The number of aromatic nitrogens is 2. The standard InChI is InChI=1S/C66H40F4N4/c67-51-23-7-13-29-57(51)71(58-30-14-8-24-52(58)68)41-33-37-43(38-34-41)73-55-27-11-5-21-49(55)61-45-17-1-3-19-47(45)63-64(65(61)73)48-20-4-2-18-46(48)62-50-22-6-12-28-56(50)74(66(62)63)44-39-35-42(36-40-44)72(59-31-15-9-25-53(59)69)60-32-16-10-26-54(60)70/h1-40H. The molecule has 14 aromatic rings. The average Bonchev–Trinajstić information content (AvgIpc) is 3.99. The molecule has 0 fully saturated rings. The first-order chi connectivity index (χ1) is 36.4. The Bertz CT molecular complexity index is 4180. The lowest BCUT2D eigenvalue weighted by Gasteiger charge is -2.26. The molecule has 0 bridgehead atoms. The van der Waals surface area contributed by atoms with E-state index in [1.807, 2.05) is 48.5 Å². The molecule has 14 rings (SSSR count). The zero-order chi connectivity index (χ0) is 49.6. The summed E-state index contributed by atoms with van der Waals surface area (Å²) in [6, 6.07) is 75.7. The van der Waals surface area contributed by atoms with Crippen molar-refractivity contribution < 1.29 is 17.6 Å².